The Balaban J connectivity index is 4.39. The van der Waals surface area contributed by atoms with Gasteiger partial charge in [0.25, 0.3) is 0 Å². The van der Waals surface area contributed by atoms with Crippen LogP contribution in [0.5, 0.6) is 0 Å². The third kappa shape index (κ3) is 3.19. The third-order valence-corrected chi connectivity index (χ3v) is 2.35. The average Bonchev–Trinajstić information content (AvgIpc) is 2.06. The van der Waals surface area contributed by atoms with Gasteiger partial charge in [0.2, 0.25) is 0 Å². The Morgan fingerprint density at radius 2 is 1.92 bits per heavy atom. The summed E-state index contributed by atoms with van der Waals surface area (Å²) in [5.41, 5.74) is 0.173. The number of nitrogens with one attached hydrogen (secondary N) is 1. The van der Waals surface area contributed by atoms with Gasteiger partial charge in [-0.1, -0.05) is 26.0 Å². The van der Waals surface area contributed by atoms with Crippen molar-refractivity contribution in [1.82, 2.24) is 5.32 Å². The monoisotopic (exact) mass is 185 g/mol. The number of rotatable bonds is 6. The molecule has 0 aromatic heterocycles. The predicted molar refractivity (Wildman–Crippen MR) is 53.8 cm³/mol. The van der Waals surface area contributed by atoms with Crippen LogP contribution >= 0.6 is 0 Å². The lowest BCUT2D eigenvalue weighted by Gasteiger charge is -2.28. The number of carboxylic acids is 1. The maximum absolute atomic E-state index is 11.0. The summed E-state index contributed by atoms with van der Waals surface area (Å²) >= 11 is 0. The Labute approximate surface area is 79.8 Å². The van der Waals surface area contributed by atoms with Crippen molar-refractivity contribution in [3.8, 4) is 0 Å². The lowest BCUT2D eigenvalue weighted by molar-refractivity contribution is -0.145. The molecule has 0 amide bonds. The molecule has 0 aliphatic carbocycles. The first kappa shape index (κ1) is 12.2. The summed E-state index contributed by atoms with van der Waals surface area (Å²) < 4.78 is 0. The van der Waals surface area contributed by atoms with E-state index in [2.05, 4.69) is 11.9 Å². The first-order valence-corrected chi connectivity index (χ1v) is 4.61. The Hall–Kier alpha value is -0.830. The highest BCUT2D eigenvalue weighted by Gasteiger charge is 2.33. The van der Waals surface area contributed by atoms with Gasteiger partial charge in [0.15, 0.2) is 0 Å². The number of aliphatic carboxylic acids is 1. The Bertz CT molecular complexity index is 195. The third-order valence-electron chi connectivity index (χ3n) is 2.35. The van der Waals surface area contributed by atoms with E-state index in [1.807, 2.05) is 20.8 Å². The van der Waals surface area contributed by atoms with E-state index in [0.29, 0.717) is 19.4 Å². The zero-order valence-corrected chi connectivity index (χ0v) is 8.68. The van der Waals surface area contributed by atoms with E-state index in [0.717, 1.165) is 5.57 Å². The summed E-state index contributed by atoms with van der Waals surface area (Å²) in [5.74, 6) is -0.779. The summed E-state index contributed by atoms with van der Waals surface area (Å²) in [7, 11) is 0. The molecule has 0 aliphatic heterocycles. The molecule has 0 spiro atoms. The highest BCUT2D eigenvalue weighted by molar-refractivity contribution is 5.78. The molecule has 0 bridgehead atoms. The van der Waals surface area contributed by atoms with Crippen molar-refractivity contribution in [1.29, 1.82) is 0 Å². The largest absolute Gasteiger partial charge is 0.480 e. The van der Waals surface area contributed by atoms with Gasteiger partial charge in [0.05, 0.1) is 0 Å². The van der Waals surface area contributed by atoms with Gasteiger partial charge in [-0.05, 0) is 19.8 Å². The molecule has 0 unspecified atom stereocenters. The molecular formula is C10H19NO2. The smallest absolute Gasteiger partial charge is 0.323 e. The standard InChI is InChI=1S/C10H19NO2/c1-5-10(6-2,9(12)13)11-7-8(3)4/h11H,3,5-7H2,1-2,4H3,(H,12,13). The molecule has 0 aromatic carbocycles. The van der Waals surface area contributed by atoms with Gasteiger partial charge < -0.3 is 5.11 Å². The molecular weight excluding hydrogens is 166 g/mol. The van der Waals surface area contributed by atoms with E-state index in [4.69, 9.17) is 5.11 Å². The van der Waals surface area contributed by atoms with Crippen LogP contribution in [0.1, 0.15) is 33.6 Å². The lowest BCUT2D eigenvalue weighted by Crippen LogP contribution is -2.51. The highest BCUT2D eigenvalue weighted by atomic mass is 16.4. The van der Waals surface area contributed by atoms with Crippen LogP contribution in [0.15, 0.2) is 12.2 Å². The van der Waals surface area contributed by atoms with Crippen molar-refractivity contribution in [2.24, 2.45) is 0 Å². The van der Waals surface area contributed by atoms with Gasteiger partial charge in [0, 0.05) is 6.54 Å². The summed E-state index contributed by atoms with van der Waals surface area (Å²) in [6.07, 6.45) is 1.18. The van der Waals surface area contributed by atoms with Gasteiger partial charge in [-0.2, -0.15) is 0 Å². The summed E-state index contributed by atoms with van der Waals surface area (Å²) in [5, 5.41) is 12.1. The second kappa shape index (κ2) is 5.02. The fraction of sp³-hybridized carbons (Fsp3) is 0.700. The predicted octanol–water partition coefficient (Wildman–Crippen LogP) is 1.80. The second-order valence-corrected chi connectivity index (χ2v) is 3.41. The van der Waals surface area contributed by atoms with Crippen molar-refractivity contribution in [3.63, 3.8) is 0 Å². The Morgan fingerprint density at radius 3 is 2.15 bits per heavy atom. The number of hydrogen-bond acceptors (Lipinski definition) is 2. The highest BCUT2D eigenvalue weighted by Crippen LogP contribution is 2.15. The first-order valence-electron chi connectivity index (χ1n) is 4.61. The van der Waals surface area contributed by atoms with Crippen molar-refractivity contribution >= 4 is 5.97 Å². The summed E-state index contributed by atoms with van der Waals surface area (Å²) in [4.78, 5) is 11.0. The molecule has 0 aromatic rings. The van der Waals surface area contributed by atoms with Crippen molar-refractivity contribution in [3.05, 3.63) is 12.2 Å². The zero-order chi connectivity index (χ0) is 10.5. The number of carboxylic acid groups (broad SMARTS) is 1. The van der Waals surface area contributed by atoms with Gasteiger partial charge in [-0.25, -0.2) is 0 Å². The normalized spacial score (nSPS) is 11.3. The van der Waals surface area contributed by atoms with Crippen LogP contribution in [-0.2, 0) is 4.79 Å². The fourth-order valence-corrected chi connectivity index (χ4v) is 1.20. The Kier molecular flexibility index (Phi) is 4.70. The van der Waals surface area contributed by atoms with Crippen LogP contribution in [0.3, 0.4) is 0 Å². The van der Waals surface area contributed by atoms with E-state index >= 15 is 0 Å². The summed E-state index contributed by atoms with van der Waals surface area (Å²) in [6, 6.07) is 0. The van der Waals surface area contributed by atoms with E-state index in [1.54, 1.807) is 0 Å². The van der Waals surface area contributed by atoms with Crippen molar-refractivity contribution < 1.29 is 9.90 Å². The van der Waals surface area contributed by atoms with E-state index < -0.39 is 11.5 Å². The minimum atomic E-state index is -0.779. The van der Waals surface area contributed by atoms with Crippen LogP contribution in [0.4, 0.5) is 0 Å². The maximum atomic E-state index is 11.0. The molecule has 0 atom stereocenters. The molecule has 0 rings (SSSR count). The van der Waals surface area contributed by atoms with E-state index in [1.165, 1.54) is 0 Å². The van der Waals surface area contributed by atoms with Crippen LogP contribution < -0.4 is 5.32 Å². The molecule has 2 N–H and O–H groups in total. The molecule has 3 heteroatoms. The quantitative estimate of drug-likeness (QED) is 0.620. The molecule has 0 fully saturated rings. The van der Waals surface area contributed by atoms with E-state index in [9.17, 15) is 4.79 Å². The molecule has 13 heavy (non-hydrogen) atoms. The molecule has 0 radical (unpaired) electrons. The lowest BCUT2D eigenvalue weighted by atomic mass is 9.93. The Morgan fingerprint density at radius 1 is 1.46 bits per heavy atom. The van der Waals surface area contributed by atoms with Gasteiger partial charge in [-0.15, -0.1) is 0 Å². The molecule has 3 nitrogen and oxygen atoms in total. The van der Waals surface area contributed by atoms with Crippen molar-refractivity contribution in [2.45, 2.75) is 39.2 Å². The number of hydrogen-bond donors (Lipinski definition) is 2. The molecule has 0 heterocycles. The molecule has 76 valence electrons. The topological polar surface area (TPSA) is 49.3 Å². The van der Waals surface area contributed by atoms with Crippen LogP contribution in [-0.4, -0.2) is 23.2 Å². The maximum Gasteiger partial charge on any atom is 0.323 e. The average molecular weight is 185 g/mol. The first-order chi connectivity index (χ1) is 5.98. The minimum Gasteiger partial charge on any atom is -0.480 e. The van der Waals surface area contributed by atoms with Crippen molar-refractivity contribution in [2.75, 3.05) is 6.54 Å². The van der Waals surface area contributed by atoms with Crippen LogP contribution in [0.25, 0.3) is 0 Å². The molecule has 0 saturated heterocycles. The SMILES string of the molecule is C=C(C)CNC(CC)(CC)C(=O)O. The van der Waals surface area contributed by atoms with Gasteiger partial charge in [-0.3, -0.25) is 10.1 Å². The van der Waals surface area contributed by atoms with E-state index in [-0.39, 0.29) is 0 Å². The molecule has 0 saturated carbocycles. The second-order valence-electron chi connectivity index (χ2n) is 3.41. The summed E-state index contributed by atoms with van der Waals surface area (Å²) in [6.45, 7) is 9.93. The minimum absolute atomic E-state index is 0.563. The molecule has 0 aliphatic rings. The van der Waals surface area contributed by atoms with Gasteiger partial charge >= 0.3 is 5.97 Å². The number of carbonyl (C=O) groups is 1. The van der Waals surface area contributed by atoms with Crippen LogP contribution in [0, 0.1) is 0 Å². The fourth-order valence-electron chi connectivity index (χ4n) is 1.20. The van der Waals surface area contributed by atoms with Gasteiger partial charge in [0.1, 0.15) is 5.54 Å². The van der Waals surface area contributed by atoms with Crippen LogP contribution in [0.2, 0.25) is 0 Å². The zero-order valence-electron chi connectivity index (χ0n) is 8.68.